The van der Waals surface area contributed by atoms with E-state index in [0.29, 0.717) is 13.0 Å². The van der Waals surface area contributed by atoms with Crippen molar-refractivity contribution >= 4 is 11.7 Å². The van der Waals surface area contributed by atoms with E-state index in [1.54, 1.807) is 25.6 Å². The van der Waals surface area contributed by atoms with Gasteiger partial charge in [-0.1, -0.05) is 12.1 Å². The topological polar surface area (TPSA) is 67.3 Å². The van der Waals surface area contributed by atoms with Crippen LogP contribution in [0.15, 0.2) is 60.9 Å². The number of nitrogens with zero attached hydrogens (tertiary/aromatic N) is 3. The number of amides is 1. The Morgan fingerprint density at radius 2 is 1.81 bits per heavy atom. The number of aromatic nitrogens is 2. The number of halogens is 1. The molecule has 166 valence electrons. The third kappa shape index (κ3) is 5.41. The molecule has 1 saturated heterocycles. The lowest BCUT2D eigenvalue weighted by Crippen LogP contribution is -2.41. The lowest BCUT2D eigenvalue weighted by molar-refractivity contribution is -0.125. The number of ether oxygens (including phenoxy) is 1. The van der Waals surface area contributed by atoms with Gasteiger partial charge >= 0.3 is 0 Å². The summed E-state index contributed by atoms with van der Waals surface area (Å²) in [5.74, 6) is 1.53. The van der Waals surface area contributed by atoms with Gasteiger partial charge in [0.1, 0.15) is 23.7 Å². The fraction of sp³-hybridized carbons (Fsp3) is 0.320. The van der Waals surface area contributed by atoms with Crippen LogP contribution in [-0.4, -0.2) is 42.6 Å². The minimum Gasteiger partial charge on any atom is -0.497 e. The Morgan fingerprint density at radius 1 is 1.09 bits per heavy atom. The highest BCUT2D eigenvalue weighted by Crippen LogP contribution is 2.26. The second-order valence-electron chi connectivity index (χ2n) is 7.92. The fourth-order valence-corrected chi connectivity index (χ4v) is 3.94. The third-order valence-corrected chi connectivity index (χ3v) is 5.85. The lowest BCUT2D eigenvalue weighted by Gasteiger charge is -2.32. The van der Waals surface area contributed by atoms with Crippen LogP contribution in [0, 0.1) is 11.7 Å². The first-order chi connectivity index (χ1) is 15.6. The third-order valence-electron chi connectivity index (χ3n) is 5.85. The molecular weight excluding hydrogens is 407 g/mol. The predicted octanol–water partition coefficient (Wildman–Crippen LogP) is 3.87. The molecule has 1 amide bonds. The van der Waals surface area contributed by atoms with Crippen LogP contribution in [0.4, 0.5) is 10.2 Å². The predicted molar refractivity (Wildman–Crippen MR) is 122 cm³/mol. The summed E-state index contributed by atoms with van der Waals surface area (Å²) in [7, 11) is 1.65. The summed E-state index contributed by atoms with van der Waals surface area (Å²) >= 11 is 0. The zero-order valence-corrected chi connectivity index (χ0v) is 18.1. The molecule has 0 radical (unpaired) electrons. The summed E-state index contributed by atoms with van der Waals surface area (Å²) < 4.78 is 18.2. The van der Waals surface area contributed by atoms with E-state index in [4.69, 9.17) is 4.74 Å². The largest absolute Gasteiger partial charge is 0.497 e. The van der Waals surface area contributed by atoms with Gasteiger partial charge in [0, 0.05) is 37.2 Å². The molecule has 1 N–H and O–H groups in total. The van der Waals surface area contributed by atoms with Gasteiger partial charge < -0.3 is 15.0 Å². The molecule has 0 saturated carbocycles. The summed E-state index contributed by atoms with van der Waals surface area (Å²) in [4.78, 5) is 23.6. The summed E-state index contributed by atoms with van der Waals surface area (Å²) in [5, 5.41) is 3.02. The Morgan fingerprint density at radius 3 is 2.50 bits per heavy atom. The summed E-state index contributed by atoms with van der Waals surface area (Å²) in [6.07, 6.45) is 3.84. The van der Waals surface area contributed by atoms with Crippen LogP contribution in [0.2, 0.25) is 0 Å². The van der Waals surface area contributed by atoms with Crippen molar-refractivity contribution in [1.29, 1.82) is 0 Å². The highest BCUT2D eigenvalue weighted by atomic mass is 19.1. The summed E-state index contributed by atoms with van der Waals surface area (Å²) in [6, 6.07) is 16.2. The molecule has 0 atom stereocenters. The highest BCUT2D eigenvalue weighted by molar-refractivity contribution is 5.79. The van der Waals surface area contributed by atoms with E-state index in [1.807, 2.05) is 30.3 Å². The van der Waals surface area contributed by atoms with Crippen molar-refractivity contribution in [2.24, 2.45) is 5.92 Å². The van der Waals surface area contributed by atoms with Crippen LogP contribution in [0.25, 0.3) is 11.3 Å². The van der Waals surface area contributed by atoms with Crippen molar-refractivity contribution in [3.8, 4) is 17.0 Å². The van der Waals surface area contributed by atoms with Crippen molar-refractivity contribution in [3.63, 3.8) is 0 Å². The van der Waals surface area contributed by atoms with Crippen LogP contribution in [-0.2, 0) is 11.2 Å². The van der Waals surface area contributed by atoms with Crippen molar-refractivity contribution in [1.82, 2.24) is 15.3 Å². The van der Waals surface area contributed by atoms with Gasteiger partial charge in [0.15, 0.2) is 0 Å². The van der Waals surface area contributed by atoms with E-state index in [-0.39, 0.29) is 17.6 Å². The molecule has 0 aliphatic carbocycles. The molecule has 32 heavy (non-hydrogen) atoms. The second kappa shape index (κ2) is 10.2. The molecule has 4 rings (SSSR count). The van der Waals surface area contributed by atoms with Crippen molar-refractivity contribution in [2.45, 2.75) is 19.3 Å². The maximum absolute atomic E-state index is 13.0. The number of carbonyl (C=O) groups excluding carboxylic acids is 1. The van der Waals surface area contributed by atoms with E-state index in [9.17, 15) is 9.18 Å². The zero-order chi connectivity index (χ0) is 22.3. The Labute approximate surface area is 187 Å². The molecule has 7 heteroatoms. The van der Waals surface area contributed by atoms with Crippen LogP contribution >= 0.6 is 0 Å². The molecule has 1 fully saturated rings. The van der Waals surface area contributed by atoms with Crippen molar-refractivity contribution in [3.05, 3.63) is 72.3 Å². The molecule has 1 aliphatic heterocycles. The van der Waals surface area contributed by atoms with Gasteiger partial charge in [-0.15, -0.1) is 0 Å². The number of hydrogen-bond acceptors (Lipinski definition) is 5. The Bertz CT molecular complexity index is 1030. The summed E-state index contributed by atoms with van der Waals surface area (Å²) in [5.41, 5.74) is 2.88. The number of nitrogens with one attached hydrogen (secondary N) is 1. The molecule has 1 aromatic heterocycles. The number of benzene rings is 2. The zero-order valence-electron chi connectivity index (χ0n) is 18.1. The molecule has 1 aliphatic rings. The molecule has 0 spiro atoms. The quantitative estimate of drug-likeness (QED) is 0.612. The Kier molecular flexibility index (Phi) is 6.94. The molecule has 2 aromatic carbocycles. The van der Waals surface area contributed by atoms with Gasteiger partial charge in [-0.2, -0.15) is 0 Å². The van der Waals surface area contributed by atoms with E-state index < -0.39 is 0 Å². The monoisotopic (exact) mass is 434 g/mol. The number of hydrogen-bond donors (Lipinski definition) is 1. The first-order valence-corrected chi connectivity index (χ1v) is 10.9. The van der Waals surface area contributed by atoms with Crippen LogP contribution < -0.4 is 15.0 Å². The molecule has 3 aromatic rings. The standard InChI is InChI=1S/C25H27FN4O2/c1-32-22-8-4-19(5-9-22)23-16-24(29-17-28-23)30-14-11-20(12-15-30)25(31)27-13-10-18-2-6-21(26)7-3-18/h2-9,16-17,20H,10-15H2,1H3,(H,27,31). The Balaban J connectivity index is 1.28. The van der Waals surface area contributed by atoms with Crippen LogP contribution in [0.1, 0.15) is 18.4 Å². The average Bonchev–Trinajstić information content (AvgIpc) is 2.85. The van der Waals surface area contributed by atoms with Gasteiger partial charge in [-0.3, -0.25) is 4.79 Å². The molecule has 0 unspecified atom stereocenters. The second-order valence-corrected chi connectivity index (χ2v) is 7.92. The van der Waals surface area contributed by atoms with E-state index in [1.165, 1.54) is 12.1 Å². The minimum atomic E-state index is -0.246. The number of carbonyl (C=O) groups is 1. The molecule has 2 heterocycles. The normalized spacial score (nSPS) is 14.2. The fourth-order valence-electron chi connectivity index (χ4n) is 3.94. The maximum Gasteiger partial charge on any atom is 0.223 e. The molecule has 6 nitrogen and oxygen atoms in total. The minimum absolute atomic E-state index is 0.00219. The lowest BCUT2D eigenvalue weighted by atomic mass is 9.95. The Hall–Kier alpha value is -3.48. The first-order valence-electron chi connectivity index (χ1n) is 10.9. The molecule has 0 bridgehead atoms. The van der Waals surface area contributed by atoms with E-state index in [0.717, 1.165) is 54.3 Å². The van der Waals surface area contributed by atoms with Crippen LogP contribution in [0.5, 0.6) is 5.75 Å². The van der Waals surface area contributed by atoms with E-state index in [2.05, 4.69) is 20.2 Å². The smallest absolute Gasteiger partial charge is 0.223 e. The van der Waals surface area contributed by atoms with Gasteiger partial charge in [-0.05, 0) is 61.2 Å². The summed E-state index contributed by atoms with van der Waals surface area (Å²) in [6.45, 7) is 2.10. The van der Waals surface area contributed by atoms with Gasteiger partial charge in [0.05, 0.1) is 12.8 Å². The molecular formula is C25H27FN4O2. The van der Waals surface area contributed by atoms with Crippen LogP contribution in [0.3, 0.4) is 0 Å². The van der Waals surface area contributed by atoms with Gasteiger partial charge in [0.2, 0.25) is 5.91 Å². The first kappa shape index (κ1) is 21.7. The van der Waals surface area contributed by atoms with E-state index >= 15 is 0 Å². The van der Waals surface area contributed by atoms with Crippen molar-refractivity contribution in [2.75, 3.05) is 31.6 Å². The average molecular weight is 435 g/mol. The highest BCUT2D eigenvalue weighted by Gasteiger charge is 2.25. The number of methoxy groups -OCH3 is 1. The van der Waals surface area contributed by atoms with Gasteiger partial charge in [0.25, 0.3) is 0 Å². The maximum atomic E-state index is 13.0. The van der Waals surface area contributed by atoms with Gasteiger partial charge in [-0.25, -0.2) is 14.4 Å². The number of piperidine rings is 1. The SMILES string of the molecule is COc1ccc(-c2cc(N3CCC(C(=O)NCCc4ccc(F)cc4)CC3)ncn2)cc1. The number of rotatable bonds is 7. The van der Waals surface area contributed by atoms with Crippen molar-refractivity contribution < 1.29 is 13.9 Å². The number of anilines is 1.